The van der Waals surface area contributed by atoms with E-state index in [1.54, 1.807) is 30.3 Å². The van der Waals surface area contributed by atoms with Gasteiger partial charge in [-0.25, -0.2) is 9.18 Å². The predicted octanol–water partition coefficient (Wildman–Crippen LogP) is 5.15. The summed E-state index contributed by atoms with van der Waals surface area (Å²) < 4.78 is 13.1. The molecule has 9 heteroatoms. The summed E-state index contributed by atoms with van der Waals surface area (Å²) in [7, 11) is 0. The van der Waals surface area contributed by atoms with Crippen molar-refractivity contribution in [3.05, 3.63) is 83.1 Å². The van der Waals surface area contributed by atoms with Crippen LogP contribution in [0.5, 0.6) is 0 Å². The van der Waals surface area contributed by atoms with Gasteiger partial charge in [0.1, 0.15) is 5.82 Å². The third kappa shape index (κ3) is 6.57. The van der Waals surface area contributed by atoms with Crippen molar-refractivity contribution < 1.29 is 23.9 Å². The Morgan fingerprint density at radius 3 is 2.25 bits per heavy atom. The quantitative estimate of drug-likeness (QED) is 0.421. The van der Waals surface area contributed by atoms with E-state index in [-0.39, 0.29) is 39.5 Å². The molecule has 2 amide bonds. The minimum atomic E-state index is -1.21. The SMILES string of the molecule is O=C(CSCC(=O)Nc1ccc(Cl)cc1C(=O)O)Nc1cccc(-c2ccc(F)cc2)c1. The van der Waals surface area contributed by atoms with Crippen LogP contribution in [-0.4, -0.2) is 34.4 Å². The number of carboxylic acids is 1. The summed E-state index contributed by atoms with van der Waals surface area (Å²) in [6, 6.07) is 17.3. The zero-order valence-corrected chi connectivity index (χ0v) is 18.2. The van der Waals surface area contributed by atoms with Crippen LogP contribution in [0.4, 0.5) is 15.8 Å². The van der Waals surface area contributed by atoms with Gasteiger partial charge in [0.15, 0.2) is 0 Å². The van der Waals surface area contributed by atoms with E-state index in [0.717, 1.165) is 22.9 Å². The lowest BCUT2D eigenvalue weighted by Gasteiger charge is -2.09. The molecule has 0 aromatic heterocycles. The molecule has 0 heterocycles. The number of hydrogen-bond donors (Lipinski definition) is 3. The molecule has 0 fully saturated rings. The number of hydrogen-bond acceptors (Lipinski definition) is 4. The number of nitrogens with one attached hydrogen (secondary N) is 2. The molecule has 32 heavy (non-hydrogen) atoms. The molecule has 0 aliphatic carbocycles. The fourth-order valence-corrected chi connectivity index (χ4v) is 3.63. The van der Waals surface area contributed by atoms with Gasteiger partial charge in [-0.05, 0) is 53.6 Å². The molecule has 0 bridgehead atoms. The van der Waals surface area contributed by atoms with Gasteiger partial charge >= 0.3 is 5.97 Å². The predicted molar refractivity (Wildman–Crippen MR) is 125 cm³/mol. The van der Waals surface area contributed by atoms with Crippen LogP contribution >= 0.6 is 23.4 Å². The maximum atomic E-state index is 13.1. The Balaban J connectivity index is 1.50. The van der Waals surface area contributed by atoms with Crippen LogP contribution in [0, 0.1) is 5.82 Å². The van der Waals surface area contributed by atoms with E-state index in [2.05, 4.69) is 10.6 Å². The molecule has 164 valence electrons. The maximum Gasteiger partial charge on any atom is 0.337 e. The van der Waals surface area contributed by atoms with Crippen molar-refractivity contribution in [3.8, 4) is 11.1 Å². The van der Waals surface area contributed by atoms with Gasteiger partial charge in [0.05, 0.1) is 22.8 Å². The van der Waals surface area contributed by atoms with E-state index < -0.39 is 11.9 Å². The highest BCUT2D eigenvalue weighted by atomic mass is 35.5. The second-order valence-electron chi connectivity index (χ2n) is 6.67. The lowest BCUT2D eigenvalue weighted by molar-refractivity contribution is -0.114. The van der Waals surface area contributed by atoms with Gasteiger partial charge < -0.3 is 15.7 Å². The molecule has 0 aliphatic rings. The summed E-state index contributed by atoms with van der Waals surface area (Å²) in [6.45, 7) is 0. The van der Waals surface area contributed by atoms with Gasteiger partial charge in [-0.2, -0.15) is 0 Å². The summed E-state index contributed by atoms with van der Waals surface area (Å²) >= 11 is 6.88. The van der Waals surface area contributed by atoms with Crippen LogP contribution in [0.2, 0.25) is 5.02 Å². The number of anilines is 2. The van der Waals surface area contributed by atoms with Crippen molar-refractivity contribution in [2.75, 3.05) is 22.1 Å². The van der Waals surface area contributed by atoms with Gasteiger partial charge in [-0.1, -0.05) is 35.9 Å². The molecule has 0 spiro atoms. The number of benzene rings is 3. The van der Waals surface area contributed by atoms with E-state index in [0.29, 0.717) is 5.69 Å². The average Bonchev–Trinajstić information content (AvgIpc) is 2.75. The summed E-state index contributed by atoms with van der Waals surface area (Å²) in [5.41, 5.74) is 2.24. The van der Waals surface area contributed by atoms with E-state index in [4.69, 9.17) is 11.6 Å². The number of carbonyl (C=O) groups is 3. The number of aromatic carboxylic acids is 1. The minimum Gasteiger partial charge on any atom is -0.478 e. The van der Waals surface area contributed by atoms with Crippen molar-refractivity contribution in [1.29, 1.82) is 0 Å². The molecule has 0 saturated carbocycles. The van der Waals surface area contributed by atoms with Gasteiger partial charge in [0.25, 0.3) is 0 Å². The number of halogens is 2. The summed E-state index contributed by atoms with van der Waals surface area (Å²) in [4.78, 5) is 35.6. The van der Waals surface area contributed by atoms with E-state index in [1.165, 1.54) is 30.3 Å². The Labute approximate surface area is 192 Å². The Bertz CT molecular complexity index is 1150. The largest absolute Gasteiger partial charge is 0.478 e. The molecule has 6 nitrogen and oxygen atoms in total. The summed E-state index contributed by atoms with van der Waals surface area (Å²) in [5, 5.41) is 14.7. The smallest absolute Gasteiger partial charge is 0.337 e. The van der Waals surface area contributed by atoms with Gasteiger partial charge in [0, 0.05) is 10.7 Å². The summed E-state index contributed by atoms with van der Waals surface area (Å²) in [5.74, 6) is -2.28. The molecule has 3 aromatic carbocycles. The van der Waals surface area contributed by atoms with Crippen LogP contribution in [0.3, 0.4) is 0 Å². The molecule has 0 aliphatic heterocycles. The maximum absolute atomic E-state index is 13.1. The Morgan fingerprint density at radius 2 is 1.56 bits per heavy atom. The highest BCUT2D eigenvalue weighted by molar-refractivity contribution is 8.00. The molecule has 0 radical (unpaired) electrons. The molecule has 0 saturated heterocycles. The average molecular weight is 473 g/mol. The molecular weight excluding hydrogens is 455 g/mol. The molecule has 3 rings (SSSR count). The van der Waals surface area contributed by atoms with E-state index >= 15 is 0 Å². The highest BCUT2D eigenvalue weighted by Crippen LogP contribution is 2.23. The van der Waals surface area contributed by atoms with E-state index in [1.807, 2.05) is 6.07 Å². The number of thioether (sulfide) groups is 1. The molecular formula is C23H18ClFN2O4S. The second kappa shape index (κ2) is 10.8. The van der Waals surface area contributed by atoms with Crippen LogP contribution in [0.25, 0.3) is 11.1 Å². The molecule has 0 unspecified atom stereocenters. The van der Waals surface area contributed by atoms with Crippen LogP contribution < -0.4 is 10.6 Å². The van der Waals surface area contributed by atoms with Crippen LogP contribution in [0.1, 0.15) is 10.4 Å². The van der Waals surface area contributed by atoms with Gasteiger partial charge in [-0.3, -0.25) is 9.59 Å². The number of rotatable bonds is 8. The highest BCUT2D eigenvalue weighted by Gasteiger charge is 2.14. The van der Waals surface area contributed by atoms with Crippen LogP contribution in [-0.2, 0) is 9.59 Å². The number of carbonyl (C=O) groups excluding carboxylic acids is 2. The third-order valence-corrected chi connectivity index (χ3v) is 5.44. The van der Waals surface area contributed by atoms with E-state index in [9.17, 15) is 23.9 Å². The first-order valence-corrected chi connectivity index (χ1v) is 10.9. The zero-order valence-electron chi connectivity index (χ0n) is 16.6. The lowest BCUT2D eigenvalue weighted by atomic mass is 10.1. The van der Waals surface area contributed by atoms with Crippen molar-refractivity contribution in [2.24, 2.45) is 0 Å². The zero-order chi connectivity index (χ0) is 23.1. The monoisotopic (exact) mass is 472 g/mol. The van der Waals surface area contributed by atoms with Crippen LogP contribution in [0.15, 0.2) is 66.7 Å². The van der Waals surface area contributed by atoms with Gasteiger partial charge in [-0.15, -0.1) is 11.8 Å². The first-order valence-electron chi connectivity index (χ1n) is 9.38. The number of carboxylic acid groups (broad SMARTS) is 1. The number of amides is 2. The van der Waals surface area contributed by atoms with Gasteiger partial charge in [0.2, 0.25) is 11.8 Å². The Morgan fingerprint density at radius 1 is 0.875 bits per heavy atom. The normalized spacial score (nSPS) is 10.4. The fraction of sp³-hybridized carbons (Fsp3) is 0.0870. The third-order valence-electron chi connectivity index (χ3n) is 4.28. The molecule has 0 atom stereocenters. The Hall–Kier alpha value is -3.36. The molecule has 3 aromatic rings. The lowest BCUT2D eigenvalue weighted by Crippen LogP contribution is -2.19. The first-order chi connectivity index (χ1) is 15.3. The summed E-state index contributed by atoms with van der Waals surface area (Å²) in [6.07, 6.45) is 0. The second-order valence-corrected chi connectivity index (χ2v) is 8.09. The first kappa shape index (κ1) is 23.3. The minimum absolute atomic E-state index is 0.0284. The Kier molecular flexibility index (Phi) is 7.86. The van der Waals surface area contributed by atoms with Crippen molar-refractivity contribution in [2.45, 2.75) is 0 Å². The van der Waals surface area contributed by atoms with Crippen molar-refractivity contribution >= 4 is 52.5 Å². The fourth-order valence-electron chi connectivity index (χ4n) is 2.84. The van der Waals surface area contributed by atoms with Crippen molar-refractivity contribution in [1.82, 2.24) is 0 Å². The standard InChI is InChI=1S/C23H18ClFN2O4S/c24-16-6-9-20(19(11-16)23(30)31)27-22(29)13-32-12-21(28)26-18-3-1-2-15(10-18)14-4-7-17(25)8-5-14/h1-11H,12-13H2,(H,26,28)(H,27,29)(H,30,31). The topological polar surface area (TPSA) is 95.5 Å². The van der Waals surface area contributed by atoms with Crippen molar-refractivity contribution in [3.63, 3.8) is 0 Å². The molecule has 3 N–H and O–H groups in total.